The second-order valence-corrected chi connectivity index (χ2v) is 6.35. The molecular weight excluding hydrogens is 248 g/mol. The molecule has 1 aromatic rings. The Bertz CT molecular complexity index is 464. The molecule has 3 heteroatoms. The molecule has 110 valence electrons. The number of anilines is 1. The van der Waals surface area contributed by atoms with Gasteiger partial charge in [0.2, 0.25) is 5.91 Å². The minimum Gasteiger partial charge on any atom is -0.382 e. The van der Waals surface area contributed by atoms with E-state index in [1.165, 1.54) is 24.1 Å². The average molecular weight is 274 g/mol. The Kier molecular flexibility index (Phi) is 4.69. The minimum absolute atomic E-state index is 0.100. The van der Waals surface area contributed by atoms with E-state index in [1.807, 2.05) is 13.1 Å². The standard InChI is InChI=1S/C17H26N2O/c1-12(2)15-9-16(10-15)18-17-8-6-5-7-14(17)11-19(4)13(3)20/h5-8,12,15-16,18H,9-11H2,1-4H3. The van der Waals surface area contributed by atoms with Crippen LogP contribution in [0.4, 0.5) is 5.69 Å². The summed E-state index contributed by atoms with van der Waals surface area (Å²) >= 11 is 0. The van der Waals surface area contributed by atoms with Crippen LogP contribution in [0.1, 0.15) is 39.2 Å². The van der Waals surface area contributed by atoms with Crippen molar-refractivity contribution < 1.29 is 4.79 Å². The first-order valence-electron chi connectivity index (χ1n) is 7.53. The third kappa shape index (κ3) is 3.53. The molecule has 1 fully saturated rings. The molecule has 0 atom stereocenters. The van der Waals surface area contributed by atoms with Gasteiger partial charge in [-0.25, -0.2) is 0 Å². The Labute approximate surface area is 122 Å². The Morgan fingerprint density at radius 1 is 1.35 bits per heavy atom. The molecule has 0 aromatic heterocycles. The molecule has 0 spiro atoms. The van der Waals surface area contributed by atoms with Gasteiger partial charge in [0.05, 0.1) is 0 Å². The number of para-hydroxylation sites is 1. The van der Waals surface area contributed by atoms with Crippen LogP contribution in [0.15, 0.2) is 24.3 Å². The van der Waals surface area contributed by atoms with Crippen LogP contribution in [0.2, 0.25) is 0 Å². The lowest BCUT2D eigenvalue weighted by molar-refractivity contribution is -0.128. The maximum Gasteiger partial charge on any atom is 0.219 e. The van der Waals surface area contributed by atoms with Gasteiger partial charge in [-0.05, 0) is 36.3 Å². The molecule has 0 radical (unpaired) electrons. The lowest BCUT2D eigenvalue weighted by atomic mass is 9.73. The number of nitrogens with zero attached hydrogens (tertiary/aromatic N) is 1. The van der Waals surface area contributed by atoms with Gasteiger partial charge in [0.1, 0.15) is 0 Å². The highest BCUT2D eigenvalue weighted by atomic mass is 16.2. The fraction of sp³-hybridized carbons (Fsp3) is 0.588. The van der Waals surface area contributed by atoms with Crippen LogP contribution in [0.5, 0.6) is 0 Å². The second-order valence-electron chi connectivity index (χ2n) is 6.35. The zero-order valence-electron chi connectivity index (χ0n) is 13.0. The lowest BCUT2D eigenvalue weighted by Crippen LogP contribution is -2.38. The van der Waals surface area contributed by atoms with E-state index in [2.05, 4.69) is 37.4 Å². The van der Waals surface area contributed by atoms with Crippen LogP contribution in [-0.2, 0) is 11.3 Å². The van der Waals surface area contributed by atoms with Crippen molar-refractivity contribution in [2.24, 2.45) is 11.8 Å². The van der Waals surface area contributed by atoms with Crippen molar-refractivity contribution in [1.82, 2.24) is 4.90 Å². The highest BCUT2D eigenvalue weighted by Gasteiger charge is 2.31. The van der Waals surface area contributed by atoms with Crippen LogP contribution >= 0.6 is 0 Å². The zero-order chi connectivity index (χ0) is 14.7. The number of hydrogen-bond acceptors (Lipinski definition) is 2. The molecule has 1 aliphatic carbocycles. The van der Waals surface area contributed by atoms with Crippen molar-refractivity contribution in [2.45, 2.75) is 46.2 Å². The Hall–Kier alpha value is -1.51. The summed E-state index contributed by atoms with van der Waals surface area (Å²) in [5, 5.41) is 3.64. The number of amides is 1. The van der Waals surface area contributed by atoms with Crippen molar-refractivity contribution in [3.05, 3.63) is 29.8 Å². The highest BCUT2D eigenvalue weighted by Crippen LogP contribution is 2.36. The Balaban J connectivity index is 1.97. The van der Waals surface area contributed by atoms with E-state index in [-0.39, 0.29) is 5.91 Å². The summed E-state index contributed by atoms with van der Waals surface area (Å²) in [5.74, 6) is 1.75. The number of benzene rings is 1. The molecule has 2 rings (SSSR count). The quantitative estimate of drug-likeness (QED) is 0.891. The van der Waals surface area contributed by atoms with Crippen molar-refractivity contribution in [3.8, 4) is 0 Å². The van der Waals surface area contributed by atoms with Crippen molar-refractivity contribution >= 4 is 11.6 Å². The van der Waals surface area contributed by atoms with Crippen LogP contribution in [0, 0.1) is 11.8 Å². The van der Waals surface area contributed by atoms with Gasteiger partial charge in [0.15, 0.2) is 0 Å². The van der Waals surface area contributed by atoms with E-state index in [4.69, 9.17) is 0 Å². The largest absolute Gasteiger partial charge is 0.382 e. The van der Waals surface area contributed by atoms with Gasteiger partial charge in [-0.15, -0.1) is 0 Å². The minimum atomic E-state index is 0.100. The van der Waals surface area contributed by atoms with E-state index in [9.17, 15) is 4.79 Å². The molecule has 3 nitrogen and oxygen atoms in total. The summed E-state index contributed by atoms with van der Waals surface area (Å²) in [7, 11) is 1.84. The molecule has 1 aromatic carbocycles. The molecule has 20 heavy (non-hydrogen) atoms. The maximum atomic E-state index is 11.4. The Morgan fingerprint density at radius 2 is 2.00 bits per heavy atom. The summed E-state index contributed by atoms with van der Waals surface area (Å²) in [6, 6.07) is 8.89. The van der Waals surface area contributed by atoms with E-state index in [1.54, 1.807) is 11.8 Å². The first kappa shape index (κ1) is 14.9. The maximum absolute atomic E-state index is 11.4. The molecule has 0 saturated heterocycles. The predicted molar refractivity (Wildman–Crippen MR) is 83.6 cm³/mol. The van der Waals surface area contributed by atoms with Crippen LogP contribution < -0.4 is 5.32 Å². The number of hydrogen-bond donors (Lipinski definition) is 1. The van der Waals surface area contributed by atoms with E-state index >= 15 is 0 Å². The first-order chi connectivity index (χ1) is 9.47. The molecule has 0 aliphatic heterocycles. The van der Waals surface area contributed by atoms with E-state index < -0.39 is 0 Å². The predicted octanol–water partition coefficient (Wildman–Crippen LogP) is 3.51. The number of nitrogens with one attached hydrogen (secondary N) is 1. The molecule has 1 aliphatic rings. The summed E-state index contributed by atoms with van der Waals surface area (Å²) in [6.45, 7) is 6.88. The van der Waals surface area contributed by atoms with E-state index in [0.29, 0.717) is 12.6 Å². The molecule has 1 N–H and O–H groups in total. The smallest absolute Gasteiger partial charge is 0.219 e. The fourth-order valence-electron chi connectivity index (χ4n) is 2.71. The average Bonchev–Trinajstić information content (AvgIpc) is 2.34. The van der Waals surface area contributed by atoms with Gasteiger partial charge in [-0.1, -0.05) is 32.0 Å². The topological polar surface area (TPSA) is 32.3 Å². The zero-order valence-corrected chi connectivity index (χ0v) is 13.0. The normalized spacial score (nSPS) is 21.4. The molecule has 0 unspecified atom stereocenters. The molecule has 0 bridgehead atoms. The van der Waals surface area contributed by atoms with Gasteiger partial charge in [-0.3, -0.25) is 4.79 Å². The van der Waals surface area contributed by atoms with E-state index in [0.717, 1.165) is 11.8 Å². The first-order valence-corrected chi connectivity index (χ1v) is 7.53. The monoisotopic (exact) mass is 274 g/mol. The SMILES string of the molecule is CC(=O)N(C)Cc1ccccc1NC1CC(C(C)C)C1. The fourth-order valence-corrected chi connectivity index (χ4v) is 2.71. The Morgan fingerprint density at radius 3 is 2.60 bits per heavy atom. The van der Waals surface area contributed by atoms with Crippen LogP contribution in [-0.4, -0.2) is 23.9 Å². The molecular formula is C17H26N2O. The van der Waals surface area contributed by atoms with Crippen molar-refractivity contribution in [3.63, 3.8) is 0 Å². The highest BCUT2D eigenvalue weighted by molar-refractivity contribution is 5.73. The molecule has 1 saturated carbocycles. The third-order valence-corrected chi connectivity index (χ3v) is 4.44. The van der Waals surface area contributed by atoms with Gasteiger partial charge in [-0.2, -0.15) is 0 Å². The third-order valence-electron chi connectivity index (χ3n) is 4.44. The van der Waals surface area contributed by atoms with Gasteiger partial charge >= 0.3 is 0 Å². The van der Waals surface area contributed by atoms with Crippen molar-refractivity contribution in [1.29, 1.82) is 0 Å². The number of rotatable bonds is 5. The van der Waals surface area contributed by atoms with Crippen LogP contribution in [0.3, 0.4) is 0 Å². The van der Waals surface area contributed by atoms with Gasteiger partial charge in [0.25, 0.3) is 0 Å². The summed E-state index contributed by atoms with van der Waals surface area (Å²) in [6.07, 6.45) is 2.52. The number of carbonyl (C=O) groups is 1. The van der Waals surface area contributed by atoms with Gasteiger partial charge in [0, 0.05) is 32.2 Å². The summed E-state index contributed by atoms with van der Waals surface area (Å²) in [4.78, 5) is 13.1. The lowest BCUT2D eigenvalue weighted by Gasteiger charge is -2.39. The number of carbonyl (C=O) groups excluding carboxylic acids is 1. The van der Waals surface area contributed by atoms with Crippen molar-refractivity contribution in [2.75, 3.05) is 12.4 Å². The molecule has 0 heterocycles. The van der Waals surface area contributed by atoms with Crippen LogP contribution in [0.25, 0.3) is 0 Å². The summed E-state index contributed by atoms with van der Waals surface area (Å²) in [5.41, 5.74) is 2.37. The summed E-state index contributed by atoms with van der Waals surface area (Å²) < 4.78 is 0. The molecule has 1 amide bonds. The van der Waals surface area contributed by atoms with Gasteiger partial charge < -0.3 is 10.2 Å². The second kappa shape index (κ2) is 6.29.